The molecule has 1 fully saturated rings. The lowest BCUT2D eigenvalue weighted by molar-refractivity contribution is 0.312. The number of para-hydroxylation sites is 2. The zero-order chi connectivity index (χ0) is 26.0. The van der Waals surface area contributed by atoms with Gasteiger partial charge >= 0.3 is 0 Å². The summed E-state index contributed by atoms with van der Waals surface area (Å²) >= 11 is 6.33. The summed E-state index contributed by atoms with van der Waals surface area (Å²) in [6.45, 7) is 3.79. The van der Waals surface area contributed by atoms with E-state index in [1.807, 2.05) is 24.4 Å². The Labute approximate surface area is 220 Å². The van der Waals surface area contributed by atoms with Gasteiger partial charge in [-0.1, -0.05) is 23.7 Å². The number of piperazine rings is 1. The molecule has 5 rings (SSSR count). The topological polar surface area (TPSA) is 128 Å². The third-order valence-corrected chi connectivity index (χ3v) is 6.70. The number of hydrogen-bond acceptors (Lipinski definition) is 10. The van der Waals surface area contributed by atoms with Gasteiger partial charge in [0.05, 0.1) is 41.1 Å². The molecular formula is C24H26ClN9O2S. The van der Waals surface area contributed by atoms with Crippen molar-refractivity contribution in [2.45, 2.75) is 0 Å². The van der Waals surface area contributed by atoms with Crippen LogP contribution in [-0.4, -0.2) is 72.7 Å². The van der Waals surface area contributed by atoms with E-state index in [0.717, 1.165) is 55.0 Å². The fourth-order valence-corrected chi connectivity index (χ4v) is 4.64. The van der Waals surface area contributed by atoms with E-state index in [9.17, 15) is 8.42 Å². The average Bonchev–Trinajstić information content (AvgIpc) is 2.86. The summed E-state index contributed by atoms with van der Waals surface area (Å²) in [5.41, 5.74) is 3.16. The number of hydrogen-bond donors (Lipinski definition) is 3. The van der Waals surface area contributed by atoms with E-state index in [0.29, 0.717) is 23.1 Å². The smallest absolute Gasteiger partial charge is 0.229 e. The Balaban J connectivity index is 1.37. The van der Waals surface area contributed by atoms with E-state index in [-0.39, 0.29) is 5.02 Å². The zero-order valence-corrected chi connectivity index (χ0v) is 21.9. The van der Waals surface area contributed by atoms with Gasteiger partial charge in [0.2, 0.25) is 16.0 Å². The number of halogens is 1. The Morgan fingerprint density at radius 3 is 2.41 bits per heavy atom. The molecule has 0 atom stereocenters. The lowest BCUT2D eigenvalue weighted by atomic mass is 10.2. The molecule has 2 aromatic carbocycles. The maximum Gasteiger partial charge on any atom is 0.229 e. The number of anilines is 6. The highest BCUT2D eigenvalue weighted by atomic mass is 35.5. The molecule has 4 aromatic rings. The van der Waals surface area contributed by atoms with Crippen molar-refractivity contribution in [1.82, 2.24) is 24.8 Å². The Hall–Kier alpha value is -3.74. The molecule has 1 aliphatic rings. The molecule has 37 heavy (non-hydrogen) atoms. The normalized spacial score (nSPS) is 14.5. The summed E-state index contributed by atoms with van der Waals surface area (Å²) in [6.07, 6.45) is 4.38. The third kappa shape index (κ3) is 6.16. The Bertz CT molecular complexity index is 1540. The van der Waals surface area contributed by atoms with Gasteiger partial charge in [-0.25, -0.2) is 18.4 Å². The molecule has 0 aliphatic carbocycles. The third-order valence-electron chi connectivity index (χ3n) is 5.83. The molecular weight excluding hydrogens is 514 g/mol. The SMILES string of the molecule is CN1CCN(c2cnc3ccc(Nc4ncc(Cl)c(Nc5ccccc5NS(C)(=O)=O)n4)cc3n2)CC1. The van der Waals surface area contributed by atoms with Crippen LogP contribution in [0.3, 0.4) is 0 Å². The van der Waals surface area contributed by atoms with Gasteiger partial charge in [0.15, 0.2) is 5.82 Å². The first kappa shape index (κ1) is 24.9. The Morgan fingerprint density at radius 2 is 1.65 bits per heavy atom. The highest BCUT2D eigenvalue weighted by molar-refractivity contribution is 7.92. The second-order valence-corrected chi connectivity index (χ2v) is 10.9. The highest BCUT2D eigenvalue weighted by Gasteiger charge is 2.16. The van der Waals surface area contributed by atoms with Gasteiger partial charge in [0.25, 0.3) is 0 Å². The molecule has 1 saturated heterocycles. The molecule has 1 aliphatic heterocycles. The van der Waals surface area contributed by atoms with E-state index < -0.39 is 10.0 Å². The minimum absolute atomic E-state index is 0.279. The lowest BCUT2D eigenvalue weighted by Gasteiger charge is -2.33. The molecule has 0 amide bonds. The molecule has 0 bridgehead atoms. The summed E-state index contributed by atoms with van der Waals surface area (Å²) < 4.78 is 25.9. The summed E-state index contributed by atoms with van der Waals surface area (Å²) in [6, 6.07) is 12.5. The first-order chi connectivity index (χ1) is 17.7. The van der Waals surface area contributed by atoms with E-state index in [1.54, 1.807) is 24.3 Å². The lowest BCUT2D eigenvalue weighted by Crippen LogP contribution is -2.44. The van der Waals surface area contributed by atoms with Gasteiger partial charge in [-0.15, -0.1) is 0 Å². The maximum atomic E-state index is 11.7. The maximum absolute atomic E-state index is 11.7. The van der Waals surface area contributed by atoms with E-state index in [2.05, 4.69) is 47.2 Å². The standard InChI is InChI=1S/C24H26ClN9O2S/c1-33-9-11-34(12-10-33)22-15-26-18-8-7-16(13-21(18)29-22)28-24-27-14-17(25)23(31-24)30-19-5-3-4-6-20(19)32-37(2,35)36/h3-8,13-15,32H,9-12H2,1-2H3,(H2,27,28,30,31). The van der Waals surface area contributed by atoms with Crippen LogP contribution < -0.4 is 20.3 Å². The van der Waals surface area contributed by atoms with Crippen molar-refractivity contribution in [3.05, 3.63) is 59.9 Å². The minimum Gasteiger partial charge on any atom is -0.353 e. The second-order valence-electron chi connectivity index (χ2n) is 8.78. The van der Waals surface area contributed by atoms with Crippen molar-refractivity contribution in [2.24, 2.45) is 0 Å². The number of rotatable bonds is 7. The number of fused-ring (bicyclic) bond motifs is 1. The summed E-state index contributed by atoms with van der Waals surface area (Å²) in [7, 11) is -1.35. The number of aromatic nitrogens is 4. The van der Waals surface area contributed by atoms with Gasteiger partial charge < -0.3 is 20.4 Å². The van der Waals surface area contributed by atoms with Crippen LogP contribution in [0, 0.1) is 0 Å². The van der Waals surface area contributed by atoms with Gasteiger partial charge in [0.1, 0.15) is 10.8 Å². The number of sulfonamides is 1. The van der Waals surface area contributed by atoms with Crippen molar-refractivity contribution in [1.29, 1.82) is 0 Å². The van der Waals surface area contributed by atoms with Gasteiger partial charge in [-0.05, 0) is 37.4 Å². The first-order valence-electron chi connectivity index (χ1n) is 11.6. The van der Waals surface area contributed by atoms with Crippen LogP contribution in [-0.2, 0) is 10.0 Å². The molecule has 0 unspecified atom stereocenters. The van der Waals surface area contributed by atoms with E-state index in [1.165, 1.54) is 6.20 Å². The fraction of sp³-hybridized carbons (Fsp3) is 0.250. The van der Waals surface area contributed by atoms with Crippen molar-refractivity contribution in [3.8, 4) is 0 Å². The van der Waals surface area contributed by atoms with Crippen LogP contribution in [0.4, 0.5) is 34.6 Å². The Kier molecular flexibility index (Phi) is 6.96. The minimum atomic E-state index is -3.47. The Morgan fingerprint density at radius 1 is 0.892 bits per heavy atom. The first-order valence-corrected chi connectivity index (χ1v) is 13.8. The fourth-order valence-electron chi connectivity index (χ4n) is 3.92. The largest absolute Gasteiger partial charge is 0.353 e. The molecule has 11 nitrogen and oxygen atoms in total. The van der Waals surface area contributed by atoms with Crippen molar-refractivity contribution in [2.75, 3.05) is 59.7 Å². The zero-order valence-electron chi connectivity index (χ0n) is 20.3. The molecule has 3 N–H and O–H groups in total. The number of benzene rings is 2. The predicted molar refractivity (Wildman–Crippen MR) is 148 cm³/mol. The number of likely N-dealkylation sites (N-methyl/N-ethyl adjacent to an activating group) is 1. The average molecular weight is 540 g/mol. The van der Waals surface area contributed by atoms with Crippen LogP contribution >= 0.6 is 11.6 Å². The summed E-state index contributed by atoms with van der Waals surface area (Å²) in [4.78, 5) is 22.7. The van der Waals surface area contributed by atoms with Crippen LogP contribution in [0.1, 0.15) is 0 Å². The predicted octanol–water partition coefficient (Wildman–Crippen LogP) is 3.68. The van der Waals surface area contributed by atoms with Gasteiger partial charge in [0, 0.05) is 31.9 Å². The van der Waals surface area contributed by atoms with Crippen molar-refractivity contribution in [3.63, 3.8) is 0 Å². The van der Waals surface area contributed by atoms with Crippen LogP contribution in [0.15, 0.2) is 54.9 Å². The molecule has 2 aromatic heterocycles. The van der Waals surface area contributed by atoms with Crippen molar-refractivity contribution >= 4 is 67.3 Å². The van der Waals surface area contributed by atoms with Crippen LogP contribution in [0.2, 0.25) is 5.02 Å². The van der Waals surface area contributed by atoms with Crippen LogP contribution in [0.25, 0.3) is 11.0 Å². The van der Waals surface area contributed by atoms with Crippen molar-refractivity contribution < 1.29 is 8.42 Å². The van der Waals surface area contributed by atoms with Gasteiger partial charge in [-0.2, -0.15) is 4.98 Å². The molecule has 0 spiro atoms. The second kappa shape index (κ2) is 10.3. The van der Waals surface area contributed by atoms with E-state index >= 15 is 0 Å². The molecule has 3 heterocycles. The number of nitrogens with zero attached hydrogens (tertiary/aromatic N) is 6. The highest BCUT2D eigenvalue weighted by Crippen LogP contribution is 2.30. The monoisotopic (exact) mass is 539 g/mol. The molecule has 13 heteroatoms. The summed E-state index contributed by atoms with van der Waals surface area (Å²) in [5, 5.41) is 6.55. The summed E-state index contributed by atoms with van der Waals surface area (Å²) in [5.74, 6) is 1.48. The number of nitrogens with one attached hydrogen (secondary N) is 3. The molecule has 192 valence electrons. The van der Waals surface area contributed by atoms with Gasteiger partial charge in [-0.3, -0.25) is 9.71 Å². The van der Waals surface area contributed by atoms with E-state index in [4.69, 9.17) is 16.6 Å². The van der Waals surface area contributed by atoms with Crippen LogP contribution in [0.5, 0.6) is 0 Å². The quantitative estimate of drug-likeness (QED) is 0.320. The molecule has 0 radical (unpaired) electrons. The molecule has 0 saturated carbocycles.